The van der Waals surface area contributed by atoms with Crippen LogP contribution in [0.2, 0.25) is 0 Å². The Morgan fingerprint density at radius 2 is 2.30 bits per heavy atom. The van der Waals surface area contributed by atoms with Crippen LogP contribution in [0.4, 0.5) is 4.39 Å². The fraction of sp³-hybridized carbons (Fsp3) is 0.308. The third-order valence-electron chi connectivity index (χ3n) is 2.72. The summed E-state index contributed by atoms with van der Waals surface area (Å²) in [4.78, 5) is 30.4. The number of aromatic amines is 1. The SMILES string of the molecule is CCOC(=O)c1c[nH]c2nc(CCCl)c(F)cc2c1=O. The standard InChI is InChI=1S/C13H12ClFN2O3/c1-2-20-13(19)8-6-16-12-7(11(8)18)5-9(15)10(17-12)3-4-14/h5-6H,2-4H2,1H3,(H,16,17,18). The van der Waals surface area contributed by atoms with Gasteiger partial charge in [0, 0.05) is 18.5 Å². The van der Waals surface area contributed by atoms with Crippen molar-refractivity contribution in [2.45, 2.75) is 13.3 Å². The molecule has 0 aromatic carbocycles. The summed E-state index contributed by atoms with van der Waals surface area (Å²) in [5, 5.41) is 0.00590. The van der Waals surface area contributed by atoms with E-state index in [1.54, 1.807) is 6.92 Å². The second-order valence-corrected chi connectivity index (χ2v) is 4.38. The number of nitrogens with one attached hydrogen (secondary N) is 1. The smallest absolute Gasteiger partial charge is 0.343 e. The molecule has 0 saturated heterocycles. The molecule has 5 nitrogen and oxygen atoms in total. The first-order valence-corrected chi connectivity index (χ1v) is 6.55. The Bertz CT molecular complexity index is 715. The monoisotopic (exact) mass is 298 g/mol. The number of aryl methyl sites for hydroxylation is 1. The fourth-order valence-corrected chi connectivity index (χ4v) is 1.97. The average molecular weight is 299 g/mol. The summed E-state index contributed by atoms with van der Waals surface area (Å²) < 4.78 is 18.5. The predicted octanol–water partition coefficient (Wildman–Crippen LogP) is 2.02. The molecule has 2 aromatic rings. The molecule has 0 bridgehead atoms. The number of pyridine rings is 2. The van der Waals surface area contributed by atoms with E-state index in [0.29, 0.717) is 0 Å². The number of carbonyl (C=O) groups excluding carboxylic acids is 1. The van der Waals surface area contributed by atoms with Crippen molar-refractivity contribution in [1.82, 2.24) is 9.97 Å². The Kier molecular flexibility index (Phi) is 4.34. The number of esters is 1. The summed E-state index contributed by atoms with van der Waals surface area (Å²) in [7, 11) is 0. The van der Waals surface area contributed by atoms with Gasteiger partial charge in [-0.3, -0.25) is 4.79 Å². The topological polar surface area (TPSA) is 72.1 Å². The van der Waals surface area contributed by atoms with Crippen LogP contribution in [0.3, 0.4) is 0 Å². The Labute approximate surface area is 118 Å². The molecule has 2 aromatic heterocycles. The van der Waals surface area contributed by atoms with E-state index in [9.17, 15) is 14.0 Å². The first-order valence-electron chi connectivity index (χ1n) is 6.02. The summed E-state index contributed by atoms with van der Waals surface area (Å²) in [6.07, 6.45) is 1.48. The molecule has 1 N–H and O–H groups in total. The number of rotatable bonds is 4. The van der Waals surface area contributed by atoms with Crippen LogP contribution in [0.25, 0.3) is 11.0 Å². The minimum atomic E-state index is -0.749. The van der Waals surface area contributed by atoms with Crippen LogP contribution < -0.4 is 5.43 Å². The van der Waals surface area contributed by atoms with Crippen molar-refractivity contribution in [3.05, 3.63) is 39.6 Å². The number of fused-ring (bicyclic) bond motifs is 1. The highest BCUT2D eigenvalue weighted by molar-refractivity contribution is 6.17. The van der Waals surface area contributed by atoms with Gasteiger partial charge in [0.15, 0.2) is 0 Å². The van der Waals surface area contributed by atoms with Crippen molar-refractivity contribution in [3.63, 3.8) is 0 Å². The summed E-state index contributed by atoms with van der Waals surface area (Å²) in [5.41, 5.74) is -0.400. The second-order valence-electron chi connectivity index (χ2n) is 4.00. The van der Waals surface area contributed by atoms with Crippen LogP contribution >= 0.6 is 11.6 Å². The highest BCUT2D eigenvalue weighted by Gasteiger charge is 2.16. The first-order chi connectivity index (χ1) is 9.58. The maximum atomic E-state index is 13.8. The van der Waals surface area contributed by atoms with E-state index in [2.05, 4.69) is 9.97 Å². The Balaban J connectivity index is 2.59. The molecule has 0 amide bonds. The lowest BCUT2D eigenvalue weighted by molar-refractivity contribution is 0.0524. The zero-order valence-electron chi connectivity index (χ0n) is 10.7. The van der Waals surface area contributed by atoms with Crippen molar-refractivity contribution < 1.29 is 13.9 Å². The Morgan fingerprint density at radius 1 is 1.55 bits per heavy atom. The predicted molar refractivity (Wildman–Crippen MR) is 72.7 cm³/mol. The number of nitrogens with zero attached hydrogens (tertiary/aromatic N) is 1. The number of hydrogen-bond donors (Lipinski definition) is 1. The molecular formula is C13H12ClFN2O3. The summed E-state index contributed by atoms with van der Waals surface area (Å²) in [5.74, 6) is -1.15. The third-order valence-corrected chi connectivity index (χ3v) is 2.91. The van der Waals surface area contributed by atoms with E-state index >= 15 is 0 Å². The lowest BCUT2D eigenvalue weighted by atomic mass is 10.1. The van der Waals surface area contributed by atoms with Gasteiger partial charge < -0.3 is 9.72 Å². The van der Waals surface area contributed by atoms with Gasteiger partial charge in [-0.15, -0.1) is 11.6 Å². The van der Waals surface area contributed by atoms with E-state index in [-0.39, 0.29) is 41.2 Å². The van der Waals surface area contributed by atoms with E-state index in [1.807, 2.05) is 0 Å². The summed E-state index contributed by atoms with van der Waals surface area (Å²) >= 11 is 5.55. The van der Waals surface area contributed by atoms with Gasteiger partial charge >= 0.3 is 5.97 Å². The lowest BCUT2D eigenvalue weighted by Crippen LogP contribution is -2.19. The number of aromatic nitrogens is 2. The van der Waals surface area contributed by atoms with Gasteiger partial charge in [0.25, 0.3) is 0 Å². The number of halogens is 2. The van der Waals surface area contributed by atoms with Crippen LogP contribution in [0.5, 0.6) is 0 Å². The molecule has 0 fully saturated rings. The first kappa shape index (κ1) is 14.5. The van der Waals surface area contributed by atoms with Gasteiger partial charge in [0.2, 0.25) is 5.43 Å². The van der Waals surface area contributed by atoms with E-state index in [1.165, 1.54) is 6.20 Å². The van der Waals surface area contributed by atoms with Crippen LogP contribution in [0.1, 0.15) is 23.0 Å². The molecule has 0 unspecified atom stereocenters. The van der Waals surface area contributed by atoms with Gasteiger partial charge in [0.1, 0.15) is 17.0 Å². The number of H-pyrrole nitrogens is 1. The number of carbonyl (C=O) groups is 1. The molecule has 0 radical (unpaired) electrons. The number of alkyl halides is 1. The molecule has 0 aliphatic carbocycles. The number of hydrogen-bond acceptors (Lipinski definition) is 4. The highest BCUT2D eigenvalue weighted by Crippen LogP contribution is 2.13. The summed E-state index contributed by atoms with van der Waals surface area (Å²) in [6.45, 7) is 1.78. The molecule has 2 heterocycles. The van der Waals surface area contributed by atoms with E-state index in [0.717, 1.165) is 6.07 Å². The minimum Gasteiger partial charge on any atom is -0.462 e. The van der Waals surface area contributed by atoms with Crippen LogP contribution in [-0.4, -0.2) is 28.4 Å². The number of ether oxygens (including phenoxy) is 1. The normalized spacial score (nSPS) is 10.8. The molecule has 0 aliphatic rings. The molecule has 0 aliphatic heterocycles. The second kappa shape index (κ2) is 6.00. The fourth-order valence-electron chi connectivity index (χ4n) is 1.79. The quantitative estimate of drug-likeness (QED) is 0.692. The average Bonchev–Trinajstić information content (AvgIpc) is 2.41. The lowest BCUT2D eigenvalue weighted by Gasteiger charge is -2.05. The molecule has 0 saturated carbocycles. The molecule has 2 rings (SSSR count). The maximum Gasteiger partial charge on any atom is 0.343 e. The molecule has 7 heteroatoms. The van der Waals surface area contributed by atoms with Crippen LogP contribution in [0.15, 0.2) is 17.1 Å². The van der Waals surface area contributed by atoms with Gasteiger partial charge in [-0.1, -0.05) is 0 Å². The zero-order chi connectivity index (χ0) is 14.7. The largest absolute Gasteiger partial charge is 0.462 e. The van der Waals surface area contributed by atoms with Crippen LogP contribution in [-0.2, 0) is 11.2 Å². The Morgan fingerprint density at radius 3 is 2.95 bits per heavy atom. The minimum absolute atomic E-state index is 0.00590. The maximum absolute atomic E-state index is 13.8. The van der Waals surface area contributed by atoms with Gasteiger partial charge in [-0.05, 0) is 13.0 Å². The molecule has 20 heavy (non-hydrogen) atoms. The van der Waals surface area contributed by atoms with Crippen molar-refractivity contribution in [3.8, 4) is 0 Å². The molecular weight excluding hydrogens is 287 g/mol. The van der Waals surface area contributed by atoms with E-state index < -0.39 is 17.2 Å². The zero-order valence-corrected chi connectivity index (χ0v) is 11.5. The van der Waals surface area contributed by atoms with Crippen LogP contribution in [0, 0.1) is 5.82 Å². The van der Waals surface area contributed by atoms with Crippen molar-refractivity contribution >= 4 is 28.6 Å². The van der Waals surface area contributed by atoms with Gasteiger partial charge in [-0.2, -0.15) is 0 Å². The van der Waals surface area contributed by atoms with Crippen molar-refractivity contribution in [2.24, 2.45) is 0 Å². The third kappa shape index (κ3) is 2.65. The van der Waals surface area contributed by atoms with Gasteiger partial charge in [0.05, 0.1) is 17.7 Å². The molecule has 0 spiro atoms. The molecule has 106 valence electrons. The molecule has 0 atom stereocenters. The van der Waals surface area contributed by atoms with Crippen molar-refractivity contribution in [2.75, 3.05) is 12.5 Å². The summed E-state index contributed by atoms with van der Waals surface area (Å²) in [6, 6.07) is 1.06. The van der Waals surface area contributed by atoms with Crippen molar-refractivity contribution in [1.29, 1.82) is 0 Å². The van der Waals surface area contributed by atoms with Gasteiger partial charge in [-0.25, -0.2) is 14.2 Å². The highest BCUT2D eigenvalue weighted by atomic mass is 35.5. The van der Waals surface area contributed by atoms with E-state index in [4.69, 9.17) is 16.3 Å². The Hall–Kier alpha value is -1.95.